The molecule has 2 aromatic carbocycles. The van der Waals surface area contributed by atoms with Crippen molar-refractivity contribution in [3.8, 4) is 5.75 Å². The Labute approximate surface area is 160 Å². The number of nitrogens with zero attached hydrogens (tertiary/aromatic N) is 1. The SMILES string of the molecule is COc1ccc(CC(=O)N2CCC(C(=O)Nc3ccccc3C)CC2)cc1. The van der Waals surface area contributed by atoms with Gasteiger partial charge in [0.2, 0.25) is 11.8 Å². The van der Waals surface area contributed by atoms with Crippen molar-refractivity contribution in [3.05, 3.63) is 59.7 Å². The minimum atomic E-state index is -0.0466. The van der Waals surface area contributed by atoms with Gasteiger partial charge < -0.3 is 15.0 Å². The van der Waals surface area contributed by atoms with E-state index in [-0.39, 0.29) is 17.7 Å². The molecular formula is C22H26N2O3. The average Bonchev–Trinajstić information content (AvgIpc) is 2.70. The molecule has 2 amide bonds. The fourth-order valence-electron chi connectivity index (χ4n) is 3.37. The third kappa shape index (κ3) is 4.88. The molecule has 1 saturated heterocycles. The van der Waals surface area contributed by atoms with Gasteiger partial charge in [0.1, 0.15) is 5.75 Å². The molecule has 1 N–H and O–H groups in total. The van der Waals surface area contributed by atoms with Gasteiger partial charge in [0.05, 0.1) is 13.5 Å². The fraction of sp³-hybridized carbons (Fsp3) is 0.364. The van der Waals surface area contributed by atoms with Crippen LogP contribution in [0.5, 0.6) is 5.75 Å². The lowest BCUT2D eigenvalue weighted by Crippen LogP contribution is -2.42. The summed E-state index contributed by atoms with van der Waals surface area (Å²) in [6.45, 7) is 3.23. The number of amides is 2. The third-order valence-electron chi connectivity index (χ3n) is 5.14. The van der Waals surface area contributed by atoms with Crippen LogP contribution in [0.1, 0.15) is 24.0 Å². The van der Waals surface area contributed by atoms with Crippen molar-refractivity contribution in [1.29, 1.82) is 0 Å². The molecule has 0 radical (unpaired) electrons. The van der Waals surface area contributed by atoms with Crippen molar-refractivity contribution in [2.75, 3.05) is 25.5 Å². The Balaban J connectivity index is 1.49. The Morgan fingerprint density at radius 3 is 2.37 bits per heavy atom. The Morgan fingerprint density at radius 2 is 1.74 bits per heavy atom. The van der Waals surface area contributed by atoms with Gasteiger partial charge in [-0.1, -0.05) is 30.3 Å². The number of piperidine rings is 1. The summed E-state index contributed by atoms with van der Waals surface area (Å²) in [6, 6.07) is 15.3. The molecule has 3 rings (SSSR count). The Bertz CT molecular complexity index is 793. The lowest BCUT2D eigenvalue weighted by molar-refractivity contribution is -0.133. The zero-order valence-corrected chi connectivity index (χ0v) is 15.9. The van der Waals surface area contributed by atoms with Gasteiger partial charge in [0.15, 0.2) is 0 Å². The van der Waals surface area contributed by atoms with E-state index in [4.69, 9.17) is 4.74 Å². The van der Waals surface area contributed by atoms with E-state index in [1.54, 1.807) is 7.11 Å². The lowest BCUT2D eigenvalue weighted by Gasteiger charge is -2.31. The van der Waals surface area contributed by atoms with E-state index in [0.29, 0.717) is 32.4 Å². The van der Waals surface area contributed by atoms with Crippen molar-refractivity contribution in [2.45, 2.75) is 26.2 Å². The summed E-state index contributed by atoms with van der Waals surface area (Å²) >= 11 is 0. The highest BCUT2D eigenvalue weighted by Crippen LogP contribution is 2.22. The molecule has 0 unspecified atom stereocenters. The molecule has 142 valence electrons. The van der Waals surface area contributed by atoms with Crippen molar-refractivity contribution < 1.29 is 14.3 Å². The monoisotopic (exact) mass is 366 g/mol. The van der Waals surface area contributed by atoms with Gasteiger partial charge in [-0.25, -0.2) is 0 Å². The summed E-state index contributed by atoms with van der Waals surface area (Å²) < 4.78 is 5.14. The molecule has 0 bridgehead atoms. The van der Waals surface area contributed by atoms with Crippen LogP contribution in [0, 0.1) is 12.8 Å². The summed E-state index contributed by atoms with van der Waals surface area (Å²) in [7, 11) is 1.62. The molecule has 1 aliphatic heterocycles. The molecule has 0 spiro atoms. The van der Waals surface area contributed by atoms with Crippen LogP contribution in [-0.2, 0) is 16.0 Å². The number of carbonyl (C=O) groups excluding carboxylic acids is 2. The number of likely N-dealkylation sites (tertiary alicyclic amines) is 1. The van der Waals surface area contributed by atoms with Crippen LogP contribution in [0.4, 0.5) is 5.69 Å². The third-order valence-corrected chi connectivity index (χ3v) is 5.14. The largest absolute Gasteiger partial charge is 0.497 e. The number of para-hydroxylation sites is 1. The normalized spacial score (nSPS) is 14.7. The van der Waals surface area contributed by atoms with Gasteiger partial charge in [-0.05, 0) is 49.1 Å². The van der Waals surface area contributed by atoms with Gasteiger partial charge in [-0.2, -0.15) is 0 Å². The number of anilines is 1. The second kappa shape index (κ2) is 8.71. The predicted octanol–water partition coefficient (Wildman–Crippen LogP) is 3.42. The number of methoxy groups -OCH3 is 1. The van der Waals surface area contributed by atoms with Gasteiger partial charge in [-0.3, -0.25) is 9.59 Å². The first-order chi connectivity index (χ1) is 13.1. The standard InChI is InChI=1S/C22H26N2O3/c1-16-5-3-4-6-20(16)23-22(26)18-11-13-24(14-12-18)21(25)15-17-7-9-19(27-2)10-8-17/h3-10,18H,11-15H2,1-2H3,(H,23,26). The Hall–Kier alpha value is -2.82. The first kappa shape index (κ1) is 19.0. The molecule has 0 atom stereocenters. The highest BCUT2D eigenvalue weighted by molar-refractivity contribution is 5.93. The summed E-state index contributed by atoms with van der Waals surface area (Å²) in [6.07, 6.45) is 1.78. The van der Waals surface area contributed by atoms with E-state index in [0.717, 1.165) is 22.6 Å². The van der Waals surface area contributed by atoms with Crippen LogP contribution < -0.4 is 10.1 Å². The van der Waals surface area contributed by atoms with Crippen LogP contribution in [0.3, 0.4) is 0 Å². The second-order valence-corrected chi connectivity index (χ2v) is 6.98. The molecule has 0 aliphatic carbocycles. The number of hydrogen-bond donors (Lipinski definition) is 1. The first-order valence-electron chi connectivity index (χ1n) is 9.34. The van der Waals surface area contributed by atoms with E-state index < -0.39 is 0 Å². The van der Waals surface area contributed by atoms with E-state index in [1.807, 2.05) is 60.4 Å². The Morgan fingerprint density at radius 1 is 1.07 bits per heavy atom. The molecular weight excluding hydrogens is 340 g/mol. The number of aryl methyl sites for hydroxylation is 1. The van der Waals surface area contributed by atoms with E-state index in [9.17, 15) is 9.59 Å². The average molecular weight is 366 g/mol. The molecule has 5 nitrogen and oxygen atoms in total. The molecule has 0 saturated carbocycles. The molecule has 1 heterocycles. The zero-order chi connectivity index (χ0) is 19.2. The maximum absolute atomic E-state index is 12.5. The first-order valence-corrected chi connectivity index (χ1v) is 9.34. The summed E-state index contributed by atoms with van der Waals surface area (Å²) in [5.41, 5.74) is 2.89. The number of hydrogen-bond acceptors (Lipinski definition) is 3. The predicted molar refractivity (Wildman–Crippen MR) is 106 cm³/mol. The van der Waals surface area contributed by atoms with Crippen LogP contribution in [-0.4, -0.2) is 36.9 Å². The van der Waals surface area contributed by atoms with Crippen molar-refractivity contribution in [1.82, 2.24) is 4.90 Å². The number of nitrogens with one attached hydrogen (secondary N) is 1. The summed E-state index contributed by atoms with van der Waals surface area (Å²) in [5, 5.41) is 3.02. The van der Waals surface area contributed by atoms with Crippen molar-refractivity contribution >= 4 is 17.5 Å². The molecule has 27 heavy (non-hydrogen) atoms. The quantitative estimate of drug-likeness (QED) is 0.882. The summed E-state index contributed by atoms with van der Waals surface area (Å²) in [5.74, 6) is 0.894. The Kier molecular flexibility index (Phi) is 6.12. The number of rotatable bonds is 5. The fourth-order valence-corrected chi connectivity index (χ4v) is 3.37. The van der Waals surface area contributed by atoms with Crippen LogP contribution in [0.25, 0.3) is 0 Å². The molecule has 5 heteroatoms. The second-order valence-electron chi connectivity index (χ2n) is 6.98. The van der Waals surface area contributed by atoms with Gasteiger partial charge in [0.25, 0.3) is 0 Å². The van der Waals surface area contributed by atoms with Gasteiger partial charge >= 0.3 is 0 Å². The minimum Gasteiger partial charge on any atom is -0.497 e. The smallest absolute Gasteiger partial charge is 0.227 e. The molecule has 0 aromatic heterocycles. The maximum Gasteiger partial charge on any atom is 0.227 e. The number of ether oxygens (including phenoxy) is 1. The molecule has 1 fully saturated rings. The zero-order valence-electron chi connectivity index (χ0n) is 15.9. The lowest BCUT2D eigenvalue weighted by atomic mass is 9.95. The molecule has 2 aromatic rings. The maximum atomic E-state index is 12.5. The van der Waals surface area contributed by atoms with E-state index in [2.05, 4.69) is 5.32 Å². The highest BCUT2D eigenvalue weighted by atomic mass is 16.5. The highest BCUT2D eigenvalue weighted by Gasteiger charge is 2.27. The minimum absolute atomic E-state index is 0.0466. The molecule has 1 aliphatic rings. The van der Waals surface area contributed by atoms with Crippen molar-refractivity contribution in [3.63, 3.8) is 0 Å². The van der Waals surface area contributed by atoms with E-state index in [1.165, 1.54) is 0 Å². The summed E-state index contributed by atoms with van der Waals surface area (Å²) in [4.78, 5) is 26.9. The topological polar surface area (TPSA) is 58.6 Å². The van der Waals surface area contributed by atoms with Crippen LogP contribution >= 0.6 is 0 Å². The van der Waals surface area contributed by atoms with Crippen LogP contribution in [0.15, 0.2) is 48.5 Å². The van der Waals surface area contributed by atoms with Crippen molar-refractivity contribution in [2.24, 2.45) is 5.92 Å². The van der Waals surface area contributed by atoms with Crippen LogP contribution in [0.2, 0.25) is 0 Å². The van der Waals surface area contributed by atoms with Gasteiger partial charge in [0, 0.05) is 24.7 Å². The van der Waals surface area contributed by atoms with Gasteiger partial charge in [-0.15, -0.1) is 0 Å². The number of carbonyl (C=O) groups is 2. The number of benzene rings is 2. The van der Waals surface area contributed by atoms with E-state index >= 15 is 0 Å².